The first-order chi connectivity index (χ1) is 9.52. The van der Waals surface area contributed by atoms with Gasteiger partial charge in [-0.15, -0.1) is 0 Å². The summed E-state index contributed by atoms with van der Waals surface area (Å²) in [6, 6.07) is 0. The number of rotatable bonds is 7. The summed E-state index contributed by atoms with van der Waals surface area (Å²) in [5.74, 6) is -1.12. The van der Waals surface area contributed by atoms with Crippen molar-refractivity contribution in [1.82, 2.24) is 5.32 Å². The van der Waals surface area contributed by atoms with Gasteiger partial charge in [0.2, 0.25) is 5.91 Å². The Morgan fingerprint density at radius 2 is 1.80 bits per heavy atom. The van der Waals surface area contributed by atoms with E-state index in [2.05, 4.69) is 5.32 Å². The van der Waals surface area contributed by atoms with Crippen LogP contribution in [0.25, 0.3) is 0 Å². The molecule has 0 atom stereocenters. The van der Waals surface area contributed by atoms with Crippen LogP contribution in [0.2, 0.25) is 0 Å². The van der Waals surface area contributed by atoms with Crippen LogP contribution < -0.4 is 5.32 Å². The summed E-state index contributed by atoms with van der Waals surface area (Å²) in [7, 11) is 0. The molecule has 0 aromatic carbocycles. The van der Waals surface area contributed by atoms with Crippen LogP contribution in [-0.4, -0.2) is 36.1 Å². The van der Waals surface area contributed by atoms with Gasteiger partial charge in [-0.2, -0.15) is 0 Å². The number of ether oxygens (including phenoxy) is 1. The number of amides is 1. The zero-order chi connectivity index (χ0) is 15.0. The van der Waals surface area contributed by atoms with Gasteiger partial charge in [-0.1, -0.05) is 0 Å². The van der Waals surface area contributed by atoms with Crippen LogP contribution in [0.4, 0.5) is 0 Å². The number of aliphatic carboxylic acids is 1. The Kier molecular flexibility index (Phi) is 7.04. The standard InChI is InChI=1S/C14H23NO5/c1-2-20-13(17)8-7-12(16)15-9-10-3-5-11(6-4-10)14(18)19/h10-11H,2-9H2,1H3,(H,15,16)(H,18,19). The maximum Gasteiger partial charge on any atom is 0.306 e. The van der Waals surface area contributed by atoms with Crippen LogP contribution >= 0.6 is 0 Å². The summed E-state index contributed by atoms with van der Waals surface area (Å²) < 4.78 is 4.75. The SMILES string of the molecule is CCOC(=O)CCC(=O)NCC1CCC(C(=O)O)CC1. The largest absolute Gasteiger partial charge is 0.481 e. The zero-order valence-corrected chi connectivity index (χ0v) is 11.9. The second kappa shape index (κ2) is 8.55. The van der Waals surface area contributed by atoms with E-state index in [9.17, 15) is 14.4 Å². The van der Waals surface area contributed by atoms with Gasteiger partial charge in [0.05, 0.1) is 18.9 Å². The molecular formula is C14H23NO5. The Morgan fingerprint density at radius 3 is 2.35 bits per heavy atom. The fourth-order valence-corrected chi connectivity index (χ4v) is 2.41. The number of carbonyl (C=O) groups excluding carboxylic acids is 2. The third-order valence-corrected chi connectivity index (χ3v) is 3.65. The molecule has 0 bridgehead atoms. The Balaban J connectivity index is 2.13. The van der Waals surface area contributed by atoms with Crippen molar-refractivity contribution in [1.29, 1.82) is 0 Å². The predicted octanol–water partition coefficient (Wildman–Crippen LogP) is 1.34. The molecule has 1 aliphatic carbocycles. The number of esters is 1. The molecule has 20 heavy (non-hydrogen) atoms. The summed E-state index contributed by atoms with van der Waals surface area (Å²) in [6.07, 6.45) is 3.26. The van der Waals surface area contributed by atoms with Gasteiger partial charge in [-0.25, -0.2) is 0 Å². The van der Waals surface area contributed by atoms with Crippen molar-refractivity contribution in [3.05, 3.63) is 0 Å². The highest BCUT2D eigenvalue weighted by molar-refractivity contribution is 5.81. The number of nitrogens with one attached hydrogen (secondary N) is 1. The van der Waals surface area contributed by atoms with Crippen LogP contribution in [0.3, 0.4) is 0 Å². The van der Waals surface area contributed by atoms with Gasteiger partial charge >= 0.3 is 11.9 Å². The van der Waals surface area contributed by atoms with Gasteiger partial charge in [0.25, 0.3) is 0 Å². The first kappa shape index (κ1) is 16.5. The second-order valence-electron chi connectivity index (χ2n) is 5.16. The molecule has 6 nitrogen and oxygen atoms in total. The Morgan fingerprint density at radius 1 is 1.15 bits per heavy atom. The predicted molar refractivity (Wildman–Crippen MR) is 72.0 cm³/mol. The summed E-state index contributed by atoms with van der Waals surface area (Å²) >= 11 is 0. The molecule has 0 spiro atoms. The van der Waals surface area contributed by atoms with E-state index in [1.54, 1.807) is 6.92 Å². The average Bonchev–Trinajstić information content (AvgIpc) is 2.43. The molecule has 0 heterocycles. The number of carboxylic acids is 1. The third-order valence-electron chi connectivity index (χ3n) is 3.65. The molecule has 1 saturated carbocycles. The Bertz CT molecular complexity index is 347. The lowest BCUT2D eigenvalue weighted by Crippen LogP contribution is -2.32. The third kappa shape index (κ3) is 6.04. The van der Waals surface area contributed by atoms with Gasteiger partial charge in [0.15, 0.2) is 0 Å². The maximum atomic E-state index is 11.6. The molecule has 1 aliphatic rings. The van der Waals surface area contributed by atoms with E-state index in [1.807, 2.05) is 0 Å². The monoisotopic (exact) mass is 285 g/mol. The summed E-state index contributed by atoms with van der Waals surface area (Å²) in [5, 5.41) is 11.7. The highest BCUT2D eigenvalue weighted by Gasteiger charge is 2.25. The van der Waals surface area contributed by atoms with Gasteiger partial charge in [-0.05, 0) is 38.5 Å². The molecule has 114 valence electrons. The fourth-order valence-electron chi connectivity index (χ4n) is 2.41. The summed E-state index contributed by atoms with van der Waals surface area (Å²) in [5.41, 5.74) is 0. The zero-order valence-electron chi connectivity index (χ0n) is 11.9. The Labute approximate surface area is 118 Å². The molecular weight excluding hydrogens is 262 g/mol. The lowest BCUT2D eigenvalue weighted by atomic mass is 9.82. The van der Waals surface area contributed by atoms with E-state index in [1.165, 1.54) is 0 Å². The molecule has 6 heteroatoms. The molecule has 0 unspecified atom stereocenters. The van der Waals surface area contributed by atoms with Crippen molar-refractivity contribution < 1.29 is 24.2 Å². The van der Waals surface area contributed by atoms with Crippen LogP contribution in [0.1, 0.15) is 45.4 Å². The maximum absolute atomic E-state index is 11.6. The average molecular weight is 285 g/mol. The number of carboxylic acid groups (broad SMARTS) is 1. The van der Waals surface area contributed by atoms with E-state index < -0.39 is 5.97 Å². The molecule has 0 aliphatic heterocycles. The lowest BCUT2D eigenvalue weighted by Gasteiger charge is -2.26. The molecule has 1 rings (SSSR count). The van der Waals surface area contributed by atoms with Crippen molar-refractivity contribution in [2.24, 2.45) is 11.8 Å². The number of hydrogen-bond acceptors (Lipinski definition) is 4. The van der Waals surface area contributed by atoms with Crippen molar-refractivity contribution in [2.45, 2.75) is 45.4 Å². The van der Waals surface area contributed by atoms with Crippen molar-refractivity contribution >= 4 is 17.8 Å². The number of carbonyl (C=O) groups is 3. The van der Waals surface area contributed by atoms with Crippen molar-refractivity contribution in [2.75, 3.05) is 13.2 Å². The normalized spacial score (nSPS) is 22.1. The van der Waals surface area contributed by atoms with Crippen molar-refractivity contribution in [3.63, 3.8) is 0 Å². The first-order valence-corrected chi connectivity index (χ1v) is 7.18. The topological polar surface area (TPSA) is 92.7 Å². The van der Waals surface area contributed by atoms with Gasteiger partial charge in [0.1, 0.15) is 0 Å². The number of hydrogen-bond donors (Lipinski definition) is 2. The van der Waals surface area contributed by atoms with Crippen LogP contribution in [0.15, 0.2) is 0 Å². The molecule has 2 N–H and O–H groups in total. The summed E-state index contributed by atoms with van der Waals surface area (Å²) in [4.78, 5) is 33.5. The minimum Gasteiger partial charge on any atom is -0.481 e. The van der Waals surface area contributed by atoms with Crippen LogP contribution in [0.5, 0.6) is 0 Å². The first-order valence-electron chi connectivity index (χ1n) is 7.18. The van der Waals surface area contributed by atoms with E-state index in [-0.39, 0.29) is 30.6 Å². The lowest BCUT2D eigenvalue weighted by molar-refractivity contribution is -0.144. The summed E-state index contributed by atoms with van der Waals surface area (Å²) in [6.45, 7) is 2.62. The van der Waals surface area contributed by atoms with Crippen molar-refractivity contribution in [3.8, 4) is 0 Å². The van der Waals surface area contributed by atoms with Crippen LogP contribution in [-0.2, 0) is 19.1 Å². The fraction of sp³-hybridized carbons (Fsp3) is 0.786. The van der Waals surface area contributed by atoms with E-state index in [4.69, 9.17) is 9.84 Å². The van der Waals surface area contributed by atoms with E-state index >= 15 is 0 Å². The Hall–Kier alpha value is -1.59. The van der Waals surface area contributed by atoms with Gasteiger partial charge < -0.3 is 15.2 Å². The molecule has 0 aromatic rings. The van der Waals surface area contributed by atoms with E-state index in [0.717, 1.165) is 12.8 Å². The molecule has 1 fully saturated rings. The van der Waals surface area contributed by atoms with Crippen LogP contribution in [0, 0.1) is 11.8 Å². The van der Waals surface area contributed by atoms with E-state index in [0.29, 0.717) is 31.9 Å². The quantitative estimate of drug-likeness (QED) is 0.688. The minimum absolute atomic E-state index is 0.103. The van der Waals surface area contributed by atoms with Gasteiger partial charge in [-0.3, -0.25) is 14.4 Å². The van der Waals surface area contributed by atoms with Gasteiger partial charge in [0, 0.05) is 13.0 Å². The molecule has 0 aromatic heterocycles. The minimum atomic E-state index is -0.720. The molecule has 0 radical (unpaired) electrons. The molecule has 1 amide bonds. The molecule has 0 saturated heterocycles. The highest BCUT2D eigenvalue weighted by Crippen LogP contribution is 2.28. The second-order valence-corrected chi connectivity index (χ2v) is 5.16. The highest BCUT2D eigenvalue weighted by atomic mass is 16.5. The smallest absolute Gasteiger partial charge is 0.306 e.